The van der Waals surface area contributed by atoms with Crippen LogP contribution in [0, 0.1) is 6.92 Å². The van der Waals surface area contributed by atoms with Crippen LogP contribution in [-0.2, 0) is 10.3 Å². The quantitative estimate of drug-likeness (QED) is 0.868. The van der Waals surface area contributed by atoms with Gasteiger partial charge in [-0.05, 0) is 56.9 Å². The van der Waals surface area contributed by atoms with Crippen molar-refractivity contribution in [3.63, 3.8) is 0 Å². The summed E-state index contributed by atoms with van der Waals surface area (Å²) in [5.41, 5.74) is 10.5. The van der Waals surface area contributed by atoms with Crippen LogP contribution in [0.5, 0.6) is 5.75 Å². The van der Waals surface area contributed by atoms with Crippen molar-refractivity contribution in [2.45, 2.75) is 45.3 Å². The SMILES string of the molecule is C=C1COCCN1C1(c2cc(OC(C)C)c(N)cc2C)CC1. The van der Waals surface area contributed by atoms with E-state index in [2.05, 4.69) is 24.5 Å². The van der Waals surface area contributed by atoms with Crippen molar-refractivity contribution in [1.29, 1.82) is 0 Å². The second-order valence-electron chi connectivity index (χ2n) is 6.67. The van der Waals surface area contributed by atoms with Crippen molar-refractivity contribution in [1.82, 2.24) is 4.90 Å². The molecular weight excluding hydrogens is 276 g/mol. The number of nitrogens with two attached hydrogens (primary N) is 1. The van der Waals surface area contributed by atoms with E-state index >= 15 is 0 Å². The van der Waals surface area contributed by atoms with Gasteiger partial charge in [0, 0.05) is 12.2 Å². The molecule has 22 heavy (non-hydrogen) atoms. The number of nitrogens with zero attached hydrogens (tertiary/aromatic N) is 1. The highest BCUT2D eigenvalue weighted by molar-refractivity contribution is 5.59. The van der Waals surface area contributed by atoms with Crippen LogP contribution in [0.1, 0.15) is 37.8 Å². The largest absolute Gasteiger partial charge is 0.489 e. The number of benzene rings is 1. The molecule has 1 aromatic carbocycles. The fourth-order valence-electron chi connectivity index (χ4n) is 3.47. The first-order valence-electron chi connectivity index (χ1n) is 8.04. The zero-order valence-corrected chi connectivity index (χ0v) is 13.8. The highest BCUT2D eigenvalue weighted by atomic mass is 16.5. The van der Waals surface area contributed by atoms with Crippen LogP contribution in [0.2, 0.25) is 0 Å². The van der Waals surface area contributed by atoms with Crippen molar-refractivity contribution in [2.75, 3.05) is 25.5 Å². The minimum absolute atomic E-state index is 0.0632. The Hall–Kier alpha value is -1.68. The van der Waals surface area contributed by atoms with Crippen LogP contribution < -0.4 is 10.5 Å². The number of ether oxygens (including phenoxy) is 2. The van der Waals surface area contributed by atoms with E-state index < -0.39 is 0 Å². The van der Waals surface area contributed by atoms with Crippen LogP contribution in [0.25, 0.3) is 0 Å². The van der Waals surface area contributed by atoms with Gasteiger partial charge in [0.25, 0.3) is 0 Å². The summed E-state index contributed by atoms with van der Waals surface area (Å²) in [5.74, 6) is 0.792. The van der Waals surface area contributed by atoms with Crippen molar-refractivity contribution in [3.8, 4) is 5.75 Å². The van der Waals surface area contributed by atoms with Crippen LogP contribution in [0.4, 0.5) is 5.69 Å². The normalized spacial score (nSPS) is 20.4. The number of morpholine rings is 1. The van der Waals surface area contributed by atoms with E-state index in [1.807, 2.05) is 19.9 Å². The Morgan fingerprint density at radius 2 is 2.09 bits per heavy atom. The summed E-state index contributed by atoms with van der Waals surface area (Å²) in [4.78, 5) is 2.42. The molecule has 1 saturated heterocycles. The lowest BCUT2D eigenvalue weighted by Crippen LogP contribution is -2.42. The molecule has 0 spiro atoms. The first-order chi connectivity index (χ1) is 10.4. The molecule has 0 radical (unpaired) electrons. The number of hydrogen-bond acceptors (Lipinski definition) is 4. The summed E-state index contributed by atoms with van der Waals surface area (Å²) in [7, 11) is 0. The van der Waals surface area contributed by atoms with Gasteiger partial charge in [-0.1, -0.05) is 6.58 Å². The maximum Gasteiger partial charge on any atom is 0.142 e. The third-order valence-electron chi connectivity index (χ3n) is 4.57. The number of nitrogen functional groups attached to an aromatic ring is 1. The molecule has 4 nitrogen and oxygen atoms in total. The van der Waals surface area contributed by atoms with E-state index in [4.69, 9.17) is 15.2 Å². The third-order valence-corrected chi connectivity index (χ3v) is 4.57. The number of aryl methyl sites for hydroxylation is 1. The Balaban J connectivity index is 1.98. The summed E-state index contributed by atoms with van der Waals surface area (Å²) < 4.78 is 11.4. The van der Waals surface area contributed by atoms with Crippen molar-refractivity contribution in [3.05, 3.63) is 35.5 Å². The fourth-order valence-corrected chi connectivity index (χ4v) is 3.47. The average Bonchev–Trinajstić information content (AvgIpc) is 3.23. The van der Waals surface area contributed by atoms with Gasteiger partial charge in [0.1, 0.15) is 5.75 Å². The van der Waals surface area contributed by atoms with Gasteiger partial charge < -0.3 is 20.1 Å². The Morgan fingerprint density at radius 1 is 1.36 bits per heavy atom. The zero-order chi connectivity index (χ0) is 15.9. The Morgan fingerprint density at radius 3 is 2.68 bits per heavy atom. The Labute approximate surface area is 132 Å². The molecule has 120 valence electrons. The number of hydrogen-bond donors (Lipinski definition) is 1. The molecule has 1 aliphatic heterocycles. The summed E-state index contributed by atoms with van der Waals surface area (Å²) >= 11 is 0. The molecule has 1 aromatic rings. The van der Waals surface area contributed by atoms with E-state index in [0.29, 0.717) is 12.3 Å². The van der Waals surface area contributed by atoms with Gasteiger partial charge in [-0.2, -0.15) is 0 Å². The zero-order valence-electron chi connectivity index (χ0n) is 13.8. The van der Waals surface area contributed by atoms with E-state index in [0.717, 1.165) is 37.4 Å². The average molecular weight is 302 g/mol. The lowest BCUT2D eigenvalue weighted by atomic mass is 9.95. The van der Waals surface area contributed by atoms with Gasteiger partial charge in [-0.15, -0.1) is 0 Å². The molecule has 0 aromatic heterocycles. The molecule has 0 amide bonds. The van der Waals surface area contributed by atoms with Crippen molar-refractivity contribution < 1.29 is 9.47 Å². The molecule has 2 fully saturated rings. The molecule has 4 heteroatoms. The molecule has 1 saturated carbocycles. The minimum Gasteiger partial charge on any atom is -0.489 e. The molecular formula is C18H26N2O2. The van der Waals surface area contributed by atoms with Crippen molar-refractivity contribution >= 4 is 5.69 Å². The van der Waals surface area contributed by atoms with Crippen molar-refractivity contribution in [2.24, 2.45) is 0 Å². The van der Waals surface area contributed by atoms with E-state index in [1.165, 1.54) is 11.1 Å². The molecule has 3 rings (SSSR count). The second-order valence-corrected chi connectivity index (χ2v) is 6.67. The summed E-state index contributed by atoms with van der Waals surface area (Å²) in [6, 6.07) is 4.18. The molecule has 2 aliphatic rings. The Bertz CT molecular complexity index is 591. The molecule has 0 unspecified atom stereocenters. The highest BCUT2D eigenvalue weighted by Crippen LogP contribution is 2.54. The number of anilines is 1. The van der Waals surface area contributed by atoms with Gasteiger partial charge in [0.2, 0.25) is 0 Å². The number of rotatable bonds is 4. The predicted octanol–water partition coefficient (Wildman–Crippen LogP) is 3.20. The van der Waals surface area contributed by atoms with Gasteiger partial charge in [0.15, 0.2) is 0 Å². The van der Waals surface area contributed by atoms with Gasteiger partial charge in [-0.3, -0.25) is 0 Å². The van der Waals surface area contributed by atoms with E-state index in [-0.39, 0.29) is 11.6 Å². The maximum atomic E-state index is 6.13. The predicted molar refractivity (Wildman–Crippen MR) is 88.9 cm³/mol. The fraction of sp³-hybridized carbons (Fsp3) is 0.556. The van der Waals surface area contributed by atoms with Crippen LogP contribution >= 0.6 is 0 Å². The van der Waals surface area contributed by atoms with Gasteiger partial charge in [-0.25, -0.2) is 0 Å². The molecule has 0 atom stereocenters. The topological polar surface area (TPSA) is 47.7 Å². The third kappa shape index (κ3) is 2.56. The van der Waals surface area contributed by atoms with Gasteiger partial charge >= 0.3 is 0 Å². The van der Waals surface area contributed by atoms with Gasteiger partial charge in [0.05, 0.1) is 30.5 Å². The highest BCUT2D eigenvalue weighted by Gasteiger charge is 2.51. The smallest absolute Gasteiger partial charge is 0.142 e. The molecule has 0 bridgehead atoms. The summed E-state index contributed by atoms with van der Waals surface area (Å²) in [6.45, 7) is 12.7. The van der Waals surface area contributed by atoms with E-state index in [1.54, 1.807) is 0 Å². The van der Waals surface area contributed by atoms with Crippen LogP contribution in [-0.4, -0.2) is 30.8 Å². The first-order valence-corrected chi connectivity index (χ1v) is 8.04. The molecule has 2 N–H and O–H groups in total. The molecule has 1 heterocycles. The van der Waals surface area contributed by atoms with E-state index in [9.17, 15) is 0 Å². The monoisotopic (exact) mass is 302 g/mol. The van der Waals surface area contributed by atoms with Crippen LogP contribution in [0.15, 0.2) is 24.4 Å². The Kier molecular flexibility index (Phi) is 3.81. The first kappa shape index (κ1) is 15.2. The summed E-state index contributed by atoms with van der Waals surface area (Å²) in [6.07, 6.45) is 2.42. The lowest BCUT2D eigenvalue weighted by Gasteiger charge is -2.39. The standard InChI is InChI=1S/C18H26N2O2/c1-12(2)22-17-10-15(13(3)9-16(17)19)18(5-6-18)20-7-8-21-11-14(20)4/h9-10,12H,4-8,11,19H2,1-3H3. The minimum atomic E-state index is 0.0632. The molecule has 1 aliphatic carbocycles. The summed E-state index contributed by atoms with van der Waals surface area (Å²) in [5, 5.41) is 0. The van der Waals surface area contributed by atoms with Crippen LogP contribution in [0.3, 0.4) is 0 Å². The second kappa shape index (κ2) is 5.51. The maximum absolute atomic E-state index is 6.13. The lowest BCUT2D eigenvalue weighted by molar-refractivity contribution is 0.0467.